The van der Waals surface area contributed by atoms with E-state index in [1.54, 1.807) is 22.4 Å². The fourth-order valence-electron chi connectivity index (χ4n) is 4.20. The van der Waals surface area contributed by atoms with Crippen molar-refractivity contribution < 1.29 is 9.21 Å². The Kier molecular flexibility index (Phi) is 5.48. The second-order valence-corrected chi connectivity index (χ2v) is 9.98. The standard InChI is InChI=1S/C26H27N5O2S/c1-14(2)31-24-20(13-27-31)19(12-22(28-24)18-11-15(3)33-17(18)5)26(32)30(6)16(4)25-29-21-9-7-8-10-23(21)34-25/h7-14,16H,1-6H3. The summed E-state index contributed by atoms with van der Waals surface area (Å²) in [5.41, 5.74) is 3.80. The topological polar surface area (TPSA) is 77.1 Å². The van der Waals surface area contributed by atoms with Crippen LogP contribution in [0.25, 0.3) is 32.5 Å². The molecule has 0 aliphatic rings. The average molecular weight is 474 g/mol. The van der Waals surface area contributed by atoms with Crippen LogP contribution in [0.2, 0.25) is 0 Å². The normalized spacial score (nSPS) is 12.7. The Bertz CT molecular complexity index is 1490. The maximum atomic E-state index is 13.9. The van der Waals surface area contributed by atoms with Crippen LogP contribution in [0.4, 0.5) is 0 Å². The molecule has 0 N–H and O–H groups in total. The lowest BCUT2D eigenvalue weighted by Gasteiger charge is -2.24. The molecule has 0 saturated heterocycles. The van der Waals surface area contributed by atoms with Gasteiger partial charge >= 0.3 is 0 Å². The molecular formula is C26H27N5O2S. The largest absolute Gasteiger partial charge is 0.466 e. The van der Waals surface area contributed by atoms with E-state index in [9.17, 15) is 4.79 Å². The minimum absolute atomic E-state index is 0.0958. The van der Waals surface area contributed by atoms with Gasteiger partial charge in [-0.25, -0.2) is 14.6 Å². The predicted molar refractivity (Wildman–Crippen MR) is 135 cm³/mol. The van der Waals surface area contributed by atoms with Crippen molar-refractivity contribution >= 4 is 38.5 Å². The van der Waals surface area contributed by atoms with Crippen LogP contribution in [-0.4, -0.2) is 37.6 Å². The molecule has 1 aromatic carbocycles. The number of para-hydroxylation sites is 1. The molecule has 1 amide bonds. The lowest BCUT2D eigenvalue weighted by atomic mass is 10.1. The second kappa shape index (κ2) is 8.36. The van der Waals surface area contributed by atoms with Gasteiger partial charge in [-0.3, -0.25) is 4.79 Å². The Labute approximate surface area is 202 Å². The highest BCUT2D eigenvalue weighted by molar-refractivity contribution is 7.18. The zero-order valence-corrected chi connectivity index (χ0v) is 21.0. The van der Waals surface area contributed by atoms with Gasteiger partial charge in [-0.05, 0) is 58.9 Å². The highest BCUT2D eigenvalue weighted by Gasteiger charge is 2.26. The summed E-state index contributed by atoms with van der Waals surface area (Å²) in [5, 5.41) is 6.19. The van der Waals surface area contributed by atoms with Crippen LogP contribution in [-0.2, 0) is 0 Å². The fourth-order valence-corrected chi connectivity index (χ4v) is 5.26. The molecule has 5 rings (SSSR count). The van der Waals surface area contributed by atoms with Gasteiger partial charge in [0.25, 0.3) is 5.91 Å². The van der Waals surface area contributed by atoms with Gasteiger partial charge in [0.05, 0.1) is 39.1 Å². The van der Waals surface area contributed by atoms with E-state index in [1.165, 1.54) is 0 Å². The molecule has 0 aliphatic heterocycles. The number of aromatic nitrogens is 4. The number of aryl methyl sites for hydroxylation is 2. The summed E-state index contributed by atoms with van der Waals surface area (Å²) in [6, 6.07) is 11.8. The first kappa shape index (κ1) is 22.3. The zero-order chi connectivity index (χ0) is 24.1. The summed E-state index contributed by atoms with van der Waals surface area (Å²) < 4.78 is 8.72. The number of rotatable bonds is 5. The van der Waals surface area contributed by atoms with E-state index < -0.39 is 0 Å². The number of amides is 1. The van der Waals surface area contributed by atoms with E-state index in [0.717, 1.165) is 37.7 Å². The maximum Gasteiger partial charge on any atom is 0.255 e. The third-order valence-corrected chi connectivity index (χ3v) is 7.38. The molecule has 0 radical (unpaired) electrons. The Morgan fingerprint density at radius 1 is 1.12 bits per heavy atom. The molecule has 1 unspecified atom stereocenters. The molecule has 174 valence electrons. The SMILES string of the molecule is Cc1cc(-c2cc(C(=O)N(C)C(C)c3nc4ccccc4s3)c3cnn(C(C)C)c3n2)c(C)o1. The Balaban J connectivity index is 1.61. The number of hydrogen-bond donors (Lipinski definition) is 0. The quantitative estimate of drug-likeness (QED) is 0.298. The lowest BCUT2D eigenvalue weighted by Crippen LogP contribution is -2.30. The lowest BCUT2D eigenvalue weighted by molar-refractivity contribution is 0.0744. The van der Waals surface area contributed by atoms with Gasteiger partial charge in [-0.15, -0.1) is 11.3 Å². The summed E-state index contributed by atoms with van der Waals surface area (Å²) in [7, 11) is 1.82. The number of benzene rings is 1. The number of thiazole rings is 1. The third-order valence-electron chi connectivity index (χ3n) is 6.17. The van der Waals surface area contributed by atoms with Crippen LogP contribution in [0.5, 0.6) is 0 Å². The first-order valence-corrected chi connectivity index (χ1v) is 12.1. The zero-order valence-electron chi connectivity index (χ0n) is 20.2. The van der Waals surface area contributed by atoms with E-state index in [2.05, 4.69) is 25.0 Å². The van der Waals surface area contributed by atoms with Crippen LogP contribution in [0.15, 0.2) is 47.0 Å². The van der Waals surface area contributed by atoms with Gasteiger partial charge < -0.3 is 9.32 Å². The Morgan fingerprint density at radius 2 is 1.88 bits per heavy atom. The van der Waals surface area contributed by atoms with Crippen molar-refractivity contribution in [1.82, 2.24) is 24.6 Å². The number of carbonyl (C=O) groups is 1. The van der Waals surface area contributed by atoms with Crippen LogP contribution in [0.3, 0.4) is 0 Å². The number of nitrogens with zero attached hydrogens (tertiary/aromatic N) is 5. The smallest absolute Gasteiger partial charge is 0.255 e. The van der Waals surface area contributed by atoms with Crippen molar-refractivity contribution in [3.05, 3.63) is 64.7 Å². The monoisotopic (exact) mass is 473 g/mol. The summed E-state index contributed by atoms with van der Waals surface area (Å²) in [4.78, 5) is 25.3. The number of fused-ring (bicyclic) bond motifs is 2. The molecule has 34 heavy (non-hydrogen) atoms. The number of furan rings is 1. The minimum Gasteiger partial charge on any atom is -0.466 e. The number of pyridine rings is 1. The van der Waals surface area contributed by atoms with Crippen molar-refractivity contribution in [3.8, 4) is 11.3 Å². The molecule has 5 aromatic rings. The number of hydrogen-bond acceptors (Lipinski definition) is 6. The van der Waals surface area contributed by atoms with Gasteiger partial charge in [-0.1, -0.05) is 12.1 Å². The van der Waals surface area contributed by atoms with Gasteiger partial charge in [-0.2, -0.15) is 5.10 Å². The fraction of sp³-hybridized carbons (Fsp3) is 0.308. The summed E-state index contributed by atoms with van der Waals surface area (Å²) >= 11 is 1.62. The van der Waals surface area contributed by atoms with E-state index >= 15 is 0 Å². The van der Waals surface area contributed by atoms with Gasteiger partial charge in [0.1, 0.15) is 16.5 Å². The van der Waals surface area contributed by atoms with Crippen LogP contribution < -0.4 is 0 Å². The van der Waals surface area contributed by atoms with Crippen molar-refractivity contribution in [3.63, 3.8) is 0 Å². The predicted octanol–water partition coefficient (Wildman–Crippen LogP) is 6.33. The maximum absolute atomic E-state index is 13.9. The number of carbonyl (C=O) groups excluding carboxylic acids is 1. The van der Waals surface area contributed by atoms with Crippen LogP contribution >= 0.6 is 11.3 Å². The molecule has 0 aliphatic carbocycles. The molecule has 0 bridgehead atoms. The highest BCUT2D eigenvalue weighted by Crippen LogP contribution is 2.33. The van der Waals surface area contributed by atoms with E-state index in [-0.39, 0.29) is 18.0 Å². The molecule has 4 aromatic heterocycles. The summed E-state index contributed by atoms with van der Waals surface area (Å²) in [5.74, 6) is 1.48. The van der Waals surface area contributed by atoms with Crippen molar-refractivity contribution in [2.45, 2.75) is 46.7 Å². The van der Waals surface area contributed by atoms with E-state index in [0.29, 0.717) is 16.9 Å². The molecule has 1 atom stereocenters. The van der Waals surface area contributed by atoms with Crippen molar-refractivity contribution in [1.29, 1.82) is 0 Å². The van der Waals surface area contributed by atoms with Gasteiger partial charge in [0.2, 0.25) is 0 Å². The Morgan fingerprint density at radius 3 is 2.56 bits per heavy atom. The van der Waals surface area contributed by atoms with Crippen LogP contribution in [0.1, 0.15) is 59.7 Å². The molecule has 0 fully saturated rings. The van der Waals surface area contributed by atoms with Crippen molar-refractivity contribution in [2.75, 3.05) is 7.05 Å². The average Bonchev–Trinajstić information content (AvgIpc) is 3.52. The first-order valence-electron chi connectivity index (χ1n) is 11.3. The van der Waals surface area contributed by atoms with Crippen molar-refractivity contribution in [2.24, 2.45) is 0 Å². The highest BCUT2D eigenvalue weighted by atomic mass is 32.1. The Hall–Kier alpha value is -3.52. The third kappa shape index (κ3) is 3.68. The van der Waals surface area contributed by atoms with Crippen LogP contribution in [0, 0.1) is 13.8 Å². The molecule has 4 heterocycles. The molecule has 0 spiro atoms. The molecule has 0 saturated carbocycles. The van der Waals surface area contributed by atoms with Gasteiger partial charge in [0.15, 0.2) is 5.65 Å². The minimum atomic E-state index is -0.186. The summed E-state index contributed by atoms with van der Waals surface area (Å²) in [6.07, 6.45) is 1.74. The first-order chi connectivity index (χ1) is 16.2. The summed E-state index contributed by atoms with van der Waals surface area (Å²) in [6.45, 7) is 9.94. The second-order valence-electron chi connectivity index (χ2n) is 8.91. The van der Waals surface area contributed by atoms with E-state index in [4.69, 9.17) is 14.4 Å². The van der Waals surface area contributed by atoms with Gasteiger partial charge in [0, 0.05) is 18.7 Å². The molecule has 7 nitrogen and oxygen atoms in total. The molecular weight excluding hydrogens is 446 g/mol. The molecule has 8 heteroatoms. The van der Waals surface area contributed by atoms with E-state index in [1.807, 2.05) is 62.8 Å².